The molecule has 0 saturated carbocycles. The molecule has 0 radical (unpaired) electrons. The van der Waals surface area contributed by atoms with Gasteiger partial charge in [-0.2, -0.15) is 0 Å². The fourth-order valence-corrected chi connectivity index (χ4v) is 3.39. The summed E-state index contributed by atoms with van der Waals surface area (Å²) in [4.78, 5) is 18.5. The van der Waals surface area contributed by atoms with Crippen molar-refractivity contribution in [1.29, 1.82) is 0 Å². The molecule has 138 valence electrons. The molecule has 3 rings (SSSR count). The van der Waals surface area contributed by atoms with Crippen LogP contribution >= 0.6 is 11.6 Å². The van der Waals surface area contributed by atoms with E-state index in [1.54, 1.807) is 25.4 Å². The highest BCUT2D eigenvalue weighted by atomic mass is 35.5. The highest BCUT2D eigenvalue weighted by Gasteiger charge is 2.20. The number of amides is 1. The first kappa shape index (κ1) is 18.7. The van der Waals surface area contributed by atoms with Gasteiger partial charge in [0.15, 0.2) is 0 Å². The molecule has 26 heavy (non-hydrogen) atoms. The van der Waals surface area contributed by atoms with E-state index in [0.29, 0.717) is 23.2 Å². The van der Waals surface area contributed by atoms with Gasteiger partial charge in [-0.3, -0.25) is 9.69 Å². The van der Waals surface area contributed by atoms with Crippen molar-refractivity contribution in [2.45, 2.75) is 19.4 Å². The number of piperidine rings is 1. The molecular weight excluding hydrogens is 350 g/mol. The van der Waals surface area contributed by atoms with E-state index in [1.165, 1.54) is 5.56 Å². The number of carbonyl (C=O) groups excluding carboxylic acids is 1. The summed E-state index contributed by atoms with van der Waals surface area (Å²) in [6.45, 7) is 3.76. The fraction of sp³-hybridized carbons (Fsp3) is 0.400. The Morgan fingerprint density at radius 2 is 2.00 bits per heavy atom. The molecule has 1 amide bonds. The van der Waals surface area contributed by atoms with E-state index in [9.17, 15) is 4.79 Å². The van der Waals surface area contributed by atoms with Crippen LogP contribution in [0.25, 0.3) is 0 Å². The van der Waals surface area contributed by atoms with Gasteiger partial charge in [0, 0.05) is 24.8 Å². The van der Waals surface area contributed by atoms with Gasteiger partial charge in [0.2, 0.25) is 0 Å². The van der Waals surface area contributed by atoms with Crippen LogP contribution in [0.4, 0.5) is 0 Å². The molecule has 0 aliphatic carbocycles. The average molecular weight is 374 g/mol. The lowest BCUT2D eigenvalue weighted by Gasteiger charge is -2.32. The summed E-state index contributed by atoms with van der Waals surface area (Å²) < 4.78 is 5.20. The summed E-state index contributed by atoms with van der Waals surface area (Å²) in [5.41, 5.74) is 1.86. The van der Waals surface area contributed by atoms with Crippen molar-refractivity contribution in [3.8, 4) is 5.75 Å². The zero-order valence-corrected chi connectivity index (χ0v) is 15.7. The number of benzene rings is 1. The van der Waals surface area contributed by atoms with Gasteiger partial charge in [-0.1, -0.05) is 23.7 Å². The monoisotopic (exact) mass is 373 g/mol. The third-order valence-corrected chi connectivity index (χ3v) is 5.02. The average Bonchev–Trinajstić information content (AvgIpc) is 2.68. The minimum atomic E-state index is -0.0880. The number of carbonyl (C=O) groups is 1. The van der Waals surface area contributed by atoms with E-state index < -0.39 is 0 Å². The molecule has 1 aromatic carbocycles. The zero-order chi connectivity index (χ0) is 18.4. The van der Waals surface area contributed by atoms with Crippen molar-refractivity contribution >= 4 is 17.5 Å². The number of nitrogens with zero attached hydrogens (tertiary/aromatic N) is 2. The van der Waals surface area contributed by atoms with Crippen LogP contribution in [0.5, 0.6) is 5.75 Å². The number of likely N-dealkylation sites (tertiary alicyclic amines) is 1. The normalized spacial score (nSPS) is 15.6. The van der Waals surface area contributed by atoms with Crippen LogP contribution in [0.2, 0.25) is 5.15 Å². The lowest BCUT2D eigenvalue weighted by molar-refractivity contribution is 0.0935. The van der Waals surface area contributed by atoms with Gasteiger partial charge in [0.1, 0.15) is 10.9 Å². The summed E-state index contributed by atoms with van der Waals surface area (Å²) in [5, 5.41) is 3.35. The van der Waals surface area contributed by atoms with Gasteiger partial charge in [0.05, 0.1) is 7.11 Å². The maximum absolute atomic E-state index is 12.2. The van der Waals surface area contributed by atoms with E-state index in [0.717, 1.165) is 38.2 Å². The third-order valence-electron chi connectivity index (χ3n) is 4.81. The number of aromatic nitrogens is 1. The zero-order valence-electron chi connectivity index (χ0n) is 15.0. The van der Waals surface area contributed by atoms with Gasteiger partial charge < -0.3 is 10.1 Å². The lowest BCUT2D eigenvalue weighted by Crippen LogP contribution is -2.38. The summed E-state index contributed by atoms with van der Waals surface area (Å²) >= 11 is 5.83. The Labute approximate surface area is 159 Å². The van der Waals surface area contributed by atoms with Gasteiger partial charge in [0.25, 0.3) is 5.91 Å². The second-order valence-corrected chi connectivity index (χ2v) is 7.03. The summed E-state index contributed by atoms with van der Waals surface area (Å²) in [6, 6.07) is 11.5. The lowest BCUT2D eigenvalue weighted by atomic mass is 9.96. The Morgan fingerprint density at radius 3 is 2.65 bits per heavy atom. The predicted molar refractivity (Wildman–Crippen MR) is 103 cm³/mol. The largest absolute Gasteiger partial charge is 0.497 e. The number of halogens is 1. The van der Waals surface area contributed by atoms with Crippen molar-refractivity contribution in [2.75, 3.05) is 26.7 Å². The van der Waals surface area contributed by atoms with Gasteiger partial charge in [-0.05, 0) is 61.7 Å². The fourth-order valence-electron chi connectivity index (χ4n) is 3.22. The minimum Gasteiger partial charge on any atom is -0.497 e. The quantitative estimate of drug-likeness (QED) is 0.788. The molecule has 5 nitrogen and oxygen atoms in total. The van der Waals surface area contributed by atoms with Gasteiger partial charge in [-0.25, -0.2) is 4.98 Å². The predicted octanol–water partition coefficient (Wildman–Crippen LogP) is 3.39. The van der Waals surface area contributed by atoms with Crippen LogP contribution in [0.15, 0.2) is 42.6 Å². The number of rotatable bonds is 6. The van der Waals surface area contributed by atoms with Crippen LogP contribution in [0, 0.1) is 5.92 Å². The Balaban J connectivity index is 1.41. The molecular formula is C20H24ClN3O2. The number of methoxy groups -OCH3 is 1. The van der Waals surface area contributed by atoms with E-state index in [2.05, 4.69) is 27.3 Å². The van der Waals surface area contributed by atoms with Crippen molar-refractivity contribution in [3.05, 3.63) is 58.9 Å². The molecule has 6 heteroatoms. The summed E-state index contributed by atoms with van der Waals surface area (Å²) in [6.07, 6.45) is 3.73. The van der Waals surface area contributed by atoms with E-state index >= 15 is 0 Å². The smallest absolute Gasteiger partial charge is 0.251 e. The van der Waals surface area contributed by atoms with Crippen LogP contribution in [-0.4, -0.2) is 42.5 Å². The molecule has 0 bridgehead atoms. The van der Waals surface area contributed by atoms with Crippen molar-refractivity contribution < 1.29 is 9.53 Å². The molecule has 2 heterocycles. The van der Waals surface area contributed by atoms with Crippen LogP contribution in [-0.2, 0) is 6.54 Å². The molecule has 1 aliphatic rings. The maximum atomic E-state index is 12.2. The summed E-state index contributed by atoms with van der Waals surface area (Å²) in [7, 11) is 1.68. The first-order chi connectivity index (χ1) is 12.6. The molecule has 0 unspecified atom stereocenters. The van der Waals surface area contributed by atoms with Crippen molar-refractivity contribution in [1.82, 2.24) is 15.2 Å². The van der Waals surface area contributed by atoms with Crippen LogP contribution in [0.1, 0.15) is 28.8 Å². The number of nitrogens with one attached hydrogen (secondary N) is 1. The van der Waals surface area contributed by atoms with Crippen LogP contribution in [0.3, 0.4) is 0 Å². The highest BCUT2D eigenvalue weighted by molar-refractivity contribution is 6.29. The molecule has 1 N–H and O–H groups in total. The second kappa shape index (κ2) is 9.01. The third kappa shape index (κ3) is 5.19. The standard InChI is InChI=1S/C20H24ClN3O2/c1-26-18-4-2-16(3-5-18)14-24-10-7-15(8-11-24)13-23-20(25)17-6-9-22-19(21)12-17/h2-6,9,12,15H,7-8,10-11,13-14H2,1H3,(H,23,25). The van der Waals surface area contributed by atoms with E-state index in [-0.39, 0.29) is 5.91 Å². The molecule has 1 saturated heterocycles. The number of ether oxygens (including phenoxy) is 1. The Kier molecular flexibility index (Phi) is 6.47. The SMILES string of the molecule is COc1ccc(CN2CCC(CNC(=O)c3ccnc(Cl)c3)CC2)cc1. The van der Waals surface area contributed by atoms with E-state index in [1.807, 2.05) is 12.1 Å². The van der Waals surface area contributed by atoms with Gasteiger partial charge >= 0.3 is 0 Å². The topological polar surface area (TPSA) is 54.5 Å². The Morgan fingerprint density at radius 1 is 1.27 bits per heavy atom. The minimum absolute atomic E-state index is 0.0880. The Hall–Kier alpha value is -2.11. The molecule has 0 spiro atoms. The molecule has 2 aromatic rings. The Bertz CT molecular complexity index is 728. The number of pyridine rings is 1. The number of hydrogen-bond donors (Lipinski definition) is 1. The first-order valence-corrected chi connectivity index (χ1v) is 9.27. The molecule has 0 atom stereocenters. The van der Waals surface area contributed by atoms with Crippen molar-refractivity contribution in [2.24, 2.45) is 5.92 Å². The second-order valence-electron chi connectivity index (χ2n) is 6.64. The molecule has 1 aromatic heterocycles. The molecule has 1 fully saturated rings. The van der Waals surface area contributed by atoms with Gasteiger partial charge in [-0.15, -0.1) is 0 Å². The maximum Gasteiger partial charge on any atom is 0.251 e. The molecule has 1 aliphatic heterocycles. The highest BCUT2D eigenvalue weighted by Crippen LogP contribution is 2.20. The van der Waals surface area contributed by atoms with E-state index in [4.69, 9.17) is 16.3 Å². The van der Waals surface area contributed by atoms with Crippen LogP contribution < -0.4 is 10.1 Å². The first-order valence-electron chi connectivity index (χ1n) is 8.89. The number of hydrogen-bond acceptors (Lipinski definition) is 4. The summed E-state index contributed by atoms with van der Waals surface area (Å²) in [5.74, 6) is 1.32. The van der Waals surface area contributed by atoms with Crippen molar-refractivity contribution in [3.63, 3.8) is 0 Å².